The zero-order valence-electron chi connectivity index (χ0n) is 14.9. The maximum absolute atomic E-state index is 12.4. The molecule has 2 amide bonds. The number of aryl methyl sites for hydroxylation is 1. The highest BCUT2D eigenvalue weighted by atomic mass is 16.6. The lowest BCUT2D eigenvalue weighted by Gasteiger charge is -2.41. The number of piperidine rings is 1. The van der Waals surface area contributed by atoms with Crippen molar-refractivity contribution in [1.82, 2.24) is 20.1 Å². The number of ether oxygens (including phenoxy) is 1. The van der Waals surface area contributed by atoms with E-state index in [0.29, 0.717) is 37.3 Å². The summed E-state index contributed by atoms with van der Waals surface area (Å²) in [7, 11) is 3.39. The molecule has 8 nitrogen and oxygen atoms in total. The number of hydrogen-bond acceptors (Lipinski definition) is 6. The minimum atomic E-state index is -0.439. The largest absolute Gasteiger partial charge is 0.376 e. The van der Waals surface area contributed by atoms with Crippen LogP contribution in [0.4, 0.5) is 0 Å². The maximum Gasteiger partial charge on any atom is 0.222 e. The van der Waals surface area contributed by atoms with Gasteiger partial charge in [-0.05, 0) is 26.2 Å². The van der Waals surface area contributed by atoms with Gasteiger partial charge in [-0.3, -0.25) is 9.59 Å². The summed E-state index contributed by atoms with van der Waals surface area (Å²) in [4.78, 5) is 27.4. The van der Waals surface area contributed by atoms with Crippen LogP contribution in [-0.4, -0.2) is 64.8 Å². The van der Waals surface area contributed by atoms with E-state index in [-0.39, 0.29) is 11.8 Å². The Labute approximate surface area is 142 Å². The molecule has 1 aromatic heterocycles. The van der Waals surface area contributed by atoms with E-state index in [1.807, 2.05) is 0 Å². The van der Waals surface area contributed by atoms with E-state index in [1.54, 1.807) is 37.8 Å². The van der Waals surface area contributed by atoms with Gasteiger partial charge in [-0.25, -0.2) is 4.63 Å². The number of hydrogen-bond donors (Lipinski definition) is 0. The first-order valence-electron chi connectivity index (χ1n) is 8.19. The molecule has 8 heteroatoms. The molecule has 0 aromatic carbocycles. The van der Waals surface area contributed by atoms with E-state index in [4.69, 9.17) is 4.74 Å². The molecule has 0 radical (unpaired) electrons. The first-order valence-corrected chi connectivity index (χ1v) is 8.19. The van der Waals surface area contributed by atoms with Crippen LogP contribution in [0.2, 0.25) is 0 Å². The van der Waals surface area contributed by atoms with E-state index < -0.39 is 5.60 Å². The van der Waals surface area contributed by atoms with Crippen LogP contribution in [-0.2, 0) is 20.9 Å². The fraction of sp³-hybridized carbons (Fsp3) is 0.750. The number of carbonyl (C=O) groups excluding carboxylic acids is 2. The van der Waals surface area contributed by atoms with E-state index in [2.05, 4.69) is 14.9 Å². The number of aromatic nitrogens is 2. The van der Waals surface area contributed by atoms with Gasteiger partial charge >= 0.3 is 0 Å². The van der Waals surface area contributed by atoms with Gasteiger partial charge in [0.1, 0.15) is 11.4 Å². The second kappa shape index (κ2) is 7.74. The number of amides is 2. The summed E-state index contributed by atoms with van der Waals surface area (Å²) in [5, 5.41) is 7.51. The van der Waals surface area contributed by atoms with Crippen LogP contribution in [0.1, 0.15) is 44.0 Å². The number of nitrogens with zero attached hydrogens (tertiary/aromatic N) is 4. The van der Waals surface area contributed by atoms with Crippen LogP contribution < -0.4 is 0 Å². The Hall–Kier alpha value is -1.96. The molecule has 1 fully saturated rings. The zero-order chi connectivity index (χ0) is 17.7. The fourth-order valence-electron chi connectivity index (χ4n) is 3.07. The van der Waals surface area contributed by atoms with Crippen molar-refractivity contribution < 1.29 is 19.0 Å². The van der Waals surface area contributed by atoms with Crippen LogP contribution in [0.5, 0.6) is 0 Å². The molecule has 1 aliphatic heterocycles. The highest BCUT2D eigenvalue weighted by molar-refractivity contribution is 5.76. The van der Waals surface area contributed by atoms with Crippen LogP contribution in [0.15, 0.2) is 4.63 Å². The normalized spacial score (nSPS) is 20.9. The summed E-state index contributed by atoms with van der Waals surface area (Å²) in [6.07, 6.45) is 2.70. The van der Waals surface area contributed by atoms with Crippen LogP contribution in [0.25, 0.3) is 0 Å². The summed E-state index contributed by atoms with van der Waals surface area (Å²) < 4.78 is 10.4. The first-order chi connectivity index (χ1) is 11.4. The molecular weight excluding hydrogens is 312 g/mol. The Morgan fingerprint density at radius 1 is 1.42 bits per heavy atom. The van der Waals surface area contributed by atoms with Crippen molar-refractivity contribution in [3.8, 4) is 0 Å². The van der Waals surface area contributed by atoms with E-state index in [9.17, 15) is 9.59 Å². The molecule has 1 atom stereocenters. The summed E-state index contributed by atoms with van der Waals surface area (Å²) in [6, 6.07) is 0. The molecule has 2 heterocycles. The first kappa shape index (κ1) is 18.4. The van der Waals surface area contributed by atoms with Gasteiger partial charge < -0.3 is 14.5 Å². The van der Waals surface area contributed by atoms with Crippen molar-refractivity contribution in [2.75, 3.05) is 27.2 Å². The van der Waals surface area contributed by atoms with Crippen LogP contribution >= 0.6 is 0 Å². The van der Waals surface area contributed by atoms with Gasteiger partial charge in [0.2, 0.25) is 11.8 Å². The van der Waals surface area contributed by atoms with Gasteiger partial charge in [0.25, 0.3) is 0 Å². The van der Waals surface area contributed by atoms with Gasteiger partial charge in [0, 0.05) is 40.6 Å². The molecule has 0 N–H and O–H groups in total. The van der Waals surface area contributed by atoms with Crippen molar-refractivity contribution in [1.29, 1.82) is 0 Å². The van der Waals surface area contributed by atoms with Crippen LogP contribution in [0, 0.1) is 6.92 Å². The van der Waals surface area contributed by atoms with Gasteiger partial charge in [0.05, 0.1) is 12.1 Å². The quantitative estimate of drug-likeness (QED) is 0.773. The highest BCUT2D eigenvalue weighted by Crippen LogP contribution is 2.29. The minimum absolute atomic E-state index is 0.00812. The summed E-state index contributed by atoms with van der Waals surface area (Å²) in [6.45, 7) is 5.03. The zero-order valence-corrected chi connectivity index (χ0v) is 14.9. The van der Waals surface area contributed by atoms with E-state index in [1.165, 1.54) is 0 Å². The molecule has 24 heavy (non-hydrogen) atoms. The van der Waals surface area contributed by atoms with Crippen molar-refractivity contribution in [2.45, 2.75) is 51.7 Å². The Morgan fingerprint density at radius 3 is 2.75 bits per heavy atom. The van der Waals surface area contributed by atoms with Crippen molar-refractivity contribution in [3.05, 3.63) is 11.4 Å². The molecule has 0 aliphatic carbocycles. The Kier molecular flexibility index (Phi) is 5.93. The lowest BCUT2D eigenvalue weighted by Crippen LogP contribution is -2.51. The molecule has 0 unspecified atom stereocenters. The fourth-order valence-corrected chi connectivity index (χ4v) is 3.07. The van der Waals surface area contributed by atoms with Gasteiger partial charge in [-0.15, -0.1) is 0 Å². The third kappa shape index (κ3) is 4.31. The molecule has 1 aromatic rings. The van der Waals surface area contributed by atoms with Crippen molar-refractivity contribution in [3.63, 3.8) is 0 Å². The summed E-state index contributed by atoms with van der Waals surface area (Å²) in [5.41, 5.74) is 0.909. The van der Waals surface area contributed by atoms with Gasteiger partial charge in [-0.1, -0.05) is 10.3 Å². The molecule has 134 valence electrons. The average Bonchev–Trinajstić information content (AvgIpc) is 2.97. The van der Waals surface area contributed by atoms with Gasteiger partial charge in [0.15, 0.2) is 0 Å². The smallest absolute Gasteiger partial charge is 0.222 e. The number of carbonyl (C=O) groups is 2. The Morgan fingerprint density at radius 2 is 2.17 bits per heavy atom. The molecule has 1 aliphatic rings. The number of likely N-dealkylation sites (tertiary alicyclic amines) is 1. The summed E-state index contributed by atoms with van der Waals surface area (Å²) >= 11 is 0. The van der Waals surface area contributed by atoms with Crippen molar-refractivity contribution >= 4 is 11.8 Å². The summed E-state index contributed by atoms with van der Waals surface area (Å²) in [5.74, 6) is 0.0577. The molecule has 2 rings (SSSR count). The SMILES string of the molecule is CO[C@@]1(CCC(=O)N(C)Cc2nonc2C)CCCN(C(C)=O)C1. The highest BCUT2D eigenvalue weighted by Gasteiger charge is 2.37. The van der Waals surface area contributed by atoms with E-state index >= 15 is 0 Å². The molecular formula is C16H26N4O4. The second-order valence-electron chi connectivity index (χ2n) is 6.48. The lowest BCUT2D eigenvalue weighted by molar-refractivity contribution is -0.140. The lowest BCUT2D eigenvalue weighted by atomic mass is 9.87. The van der Waals surface area contributed by atoms with E-state index in [0.717, 1.165) is 19.4 Å². The molecule has 0 bridgehead atoms. The monoisotopic (exact) mass is 338 g/mol. The standard InChI is InChI=1S/C16H26N4O4/c1-12-14(18-24-17-12)10-19(3)15(22)6-8-16(23-4)7-5-9-20(11-16)13(2)21/h5-11H2,1-4H3/t16-/m1/s1. The average molecular weight is 338 g/mol. The number of rotatable bonds is 6. The predicted molar refractivity (Wildman–Crippen MR) is 86.0 cm³/mol. The molecule has 0 saturated carbocycles. The Balaban J connectivity index is 1.91. The van der Waals surface area contributed by atoms with Gasteiger partial charge in [-0.2, -0.15) is 0 Å². The van der Waals surface area contributed by atoms with Crippen molar-refractivity contribution in [2.24, 2.45) is 0 Å². The minimum Gasteiger partial charge on any atom is -0.376 e. The Bertz CT molecular complexity index is 588. The number of methoxy groups -OCH3 is 1. The maximum atomic E-state index is 12.4. The van der Waals surface area contributed by atoms with Crippen LogP contribution in [0.3, 0.4) is 0 Å². The third-order valence-electron chi connectivity index (χ3n) is 4.77. The molecule has 1 saturated heterocycles. The topological polar surface area (TPSA) is 88.8 Å². The third-order valence-corrected chi connectivity index (χ3v) is 4.77. The second-order valence-corrected chi connectivity index (χ2v) is 6.48. The molecule has 0 spiro atoms. The predicted octanol–water partition coefficient (Wildman–Crippen LogP) is 1.14.